The van der Waals surface area contributed by atoms with Crippen molar-refractivity contribution in [1.29, 1.82) is 0 Å². The van der Waals surface area contributed by atoms with Crippen molar-refractivity contribution in [2.24, 2.45) is 0 Å². The van der Waals surface area contributed by atoms with Crippen molar-refractivity contribution in [3.05, 3.63) is 17.0 Å². The summed E-state index contributed by atoms with van der Waals surface area (Å²) in [7, 11) is 1.52. The summed E-state index contributed by atoms with van der Waals surface area (Å²) >= 11 is 0. The molecule has 100 valence electrons. The molecular formula is C12H19N3O3. The Balaban J connectivity index is 2.80. The Bertz CT molecular complexity index is 434. The first-order chi connectivity index (χ1) is 8.38. The fourth-order valence-corrected chi connectivity index (χ4v) is 1.90. The van der Waals surface area contributed by atoms with E-state index < -0.39 is 12.0 Å². The number of amides is 1. The molecule has 0 radical (unpaired) electrons. The second-order valence-corrected chi connectivity index (χ2v) is 4.36. The lowest BCUT2D eigenvalue weighted by atomic mass is 10.1. The number of carboxylic acid groups (broad SMARTS) is 1. The summed E-state index contributed by atoms with van der Waals surface area (Å²) in [5, 5.41) is 15.8. The summed E-state index contributed by atoms with van der Waals surface area (Å²) < 4.78 is 0. The molecule has 0 bridgehead atoms. The van der Waals surface area contributed by atoms with Crippen LogP contribution in [0.4, 0.5) is 0 Å². The number of nitrogens with one attached hydrogen (secondary N) is 1. The Labute approximate surface area is 106 Å². The van der Waals surface area contributed by atoms with Gasteiger partial charge >= 0.3 is 5.97 Å². The van der Waals surface area contributed by atoms with E-state index in [1.54, 1.807) is 6.92 Å². The summed E-state index contributed by atoms with van der Waals surface area (Å²) in [6.45, 7) is 5.41. The predicted octanol–water partition coefficient (Wildman–Crippen LogP) is 0.891. The second kappa shape index (κ2) is 5.66. The number of nitrogens with zero attached hydrogens (tertiary/aromatic N) is 2. The van der Waals surface area contributed by atoms with E-state index in [0.29, 0.717) is 6.42 Å². The number of aromatic nitrogens is 2. The van der Waals surface area contributed by atoms with E-state index in [2.05, 4.69) is 10.2 Å². The van der Waals surface area contributed by atoms with Gasteiger partial charge in [0.15, 0.2) is 0 Å². The van der Waals surface area contributed by atoms with Gasteiger partial charge in [0.2, 0.25) is 5.91 Å². The zero-order valence-corrected chi connectivity index (χ0v) is 11.1. The minimum Gasteiger partial charge on any atom is -0.480 e. The van der Waals surface area contributed by atoms with Gasteiger partial charge < -0.3 is 10.0 Å². The van der Waals surface area contributed by atoms with Crippen molar-refractivity contribution in [1.82, 2.24) is 15.1 Å². The highest BCUT2D eigenvalue weighted by Crippen LogP contribution is 2.13. The van der Waals surface area contributed by atoms with Gasteiger partial charge in [0.05, 0.1) is 12.1 Å². The number of H-pyrrole nitrogens is 1. The summed E-state index contributed by atoms with van der Waals surface area (Å²) in [5.74, 6) is -1.19. The molecule has 18 heavy (non-hydrogen) atoms. The van der Waals surface area contributed by atoms with Gasteiger partial charge in [-0.3, -0.25) is 9.89 Å². The monoisotopic (exact) mass is 253 g/mol. The lowest BCUT2D eigenvalue weighted by Crippen LogP contribution is -2.42. The largest absolute Gasteiger partial charge is 0.480 e. The third-order valence-corrected chi connectivity index (χ3v) is 3.14. The molecule has 1 rings (SSSR count). The van der Waals surface area contributed by atoms with E-state index >= 15 is 0 Å². The molecule has 1 aromatic rings. The molecule has 0 saturated carbocycles. The van der Waals surface area contributed by atoms with Crippen LogP contribution in [-0.4, -0.2) is 45.2 Å². The van der Waals surface area contributed by atoms with Gasteiger partial charge in [-0.15, -0.1) is 0 Å². The number of carboxylic acids is 1. The Hall–Kier alpha value is -1.85. The number of aryl methyl sites for hydroxylation is 2. The van der Waals surface area contributed by atoms with Crippen LogP contribution in [0.1, 0.15) is 30.3 Å². The highest BCUT2D eigenvalue weighted by Gasteiger charge is 2.25. The van der Waals surface area contributed by atoms with Crippen molar-refractivity contribution in [3.8, 4) is 0 Å². The summed E-state index contributed by atoms with van der Waals surface area (Å²) in [4.78, 5) is 24.3. The normalized spacial score (nSPS) is 12.2. The second-order valence-electron chi connectivity index (χ2n) is 4.36. The summed E-state index contributed by atoms with van der Waals surface area (Å²) in [5.41, 5.74) is 2.46. The molecular weight excluding hydrogens is 234 g/mol. The number of rotatable bonds is 5. The molecule has 0 aromatic carbocycles. The number of aromatic amines is 1. The highest BCUT2D eigenvalue weighted by molar-refractivity contribution is 5.85. The van der Waals surface area contributed by atoms with E-state index in [0.717, 1.165) is 17.0 Å². The third kappa shape index (κ3) is 2.88. The molecule has 1 aromatic heterocycles. The first-order valence-corrected chi connectivity index (χ1v) is 5.87. The maximum absolute atomic E-state index is 12.0. The average molecular weight is 253 g/mol. The Morgan fingerprint density at radius 3 is 2.44 bits per heavy atom. The van der Waals surface area contributed by atoms with Gasteiger partial charge in [-0.2, -0.15) is 5.10 Å². The number of hydrogen-bond donors (Lipinski definition) is 2. The van der Waals surface area contributed by atoms with Crippen LogP contribution in [0.5, 0.6) is 0 Å². The van der Waals surface area contributed by atoms with Gasteiger partial charge in [-0.05, 0) is 20.3 Å². The van der Waals surface area contributed by atoms with E-state index in [-0.39, 0.29) is 12.3 Å². The molecule has 0 spiro atoms. The van der Waals surface area contributed by atoms with Crippen LogP contribution in [0.2, 0.25) is 0 Å². The quantitative estimate of drug-likeness (QED) is 0.816. The highest BCUT2D eigenvalue weighted by atomic mass is 16.4. The fraction of sp³-hybridized carbons (Fsp3) is 0.583. The van der Waals surface area contributed by atoms with Gasteiger partial charge in [-0.1, -0.05) is 6.92 Å². The van der Waals surface area contributed by atoms with E-state index in [1.165, 1.54) is 11.9 Å². The molecule has 1 amide bonds. The SMILES string of the molecule is CCC(C(=O)O)N(C)C(=O)Cc1c(C)n[nH]c1C. The third-order valence-electron chi connectivity index (χ3n) is 3.14. The van der Waals surface area contributed by atoms with Crippen molar-refractivity contribution in [2.45, 2.75) is 39.7 Å². The molecule has 0 fully saturated rings. The summed E-state index contributed by atoms with van der Waals surface area (Å²) in [6, 6.07) is -0.773. The van der Waals surface area contributed by atoms with Crippen LogP contribution in [0, 0.1) is 13.8 Å². The Morgan fingerprint density at radius 1 is 1.44 bits per heavy atom. The molecule has 6 nitrogen and oxygen atoms in total. The first-order valence-electron chi connectivity index (χ1n) is 5.87. The first kappa shape index (κ1) is 14.2. The standard InChI is InChI=1S/C12H19N3O3/c1-5-10(12(17)18)15(4)11(16)6-9-7(2)13-14-8(9)3/h10H,5-6H2,1-4H3,(H,13,14)(H,17,18). The van der Waals surface area contributed by atoms with Crippen LogP contribution in [0.3, 0.4) is 0 Å². The molecule has 0 aliphatic carbocycles. The van der Waals surface area contributed by atoms with Crippen LogP contribution < -0.4 is 0 Å². The molecule has 1 atom stereocenters. The minimum absolute atomic E-state index is 0.175. The molecule has 2 N–H and O–H groups in total. The fourth-order valence-electron chi connectivity index (χ4n) is 1.90. The van der Waals surface area contributed by atoms with E-state index in [1.807, 2.05) is 13.8 Å². The number of carbonyl (C=O) groups is 2. The van der Waals surface area contributed by atoms with Crippen molar-refractivity contribution in [2.75, 3.05) is 7.05 Å². The number of aliphatic carboxylic acids is 1. The Kier molecular flexibility index (Phi) is 4.47. The van der Waals surface area contributed by atoms with Gasteiger partial charge in [0.1, 0.15) is 6.04 Å². The summed E-state index contributed by atoms with van der Waals surface area (Å²) in [6.07, 6.45) is 0.565. The van der Waals surface area contributed by atoms with Gasteiger partial charge in [-0.25, -0.2) is 4.79 Å². The van der Waals surface area contributed by atoms with Crippen molar-refractivity contribution in [3.63, 3.8) is 0 Å². The molecule has 1 unspecified atom stereocenters. The molecule has 0 saturated heterocycles. The van der Waals surface area contributed by atoms with Crippen LogP contribution in [0.15, 0.2) is 0 Å². The smallest absolute Gasteiger partial charge is 0.326 e. The van der Waals surface area contributed by atoms with Gasteiger partial charge in [0.25, 0.3) is 0 Å². The van der Waals surface area contributed by atoms with E-state index in [9.17, 15) is 9.59 Å². The average Bonchev–Trinajstić information content (AvgIpc) is 2.61. The Morgan fingerprint density at radius 2 is 2.06 bits per heavy atom. The van der Waals surface area contributed by atoms with Crippen molar-refractivity contribution >= 4 is 11.9 Å². The molecule has 0 aliphatic heterocycles. The van der Waals surface area contributed by atoms with E-state index in [4.69, 9.17) is 5.11 Å². The molecule has 6 heteroatoms. The number of carbonyl (C=O) groups excluding carboxylic acids is 1. The zero-order chi connectivity index (χ0) is 13.9. The predicted molar refractivity (Wildman–Crippen MR) is 66.3 cm³/mol. The molecule has 0 aliphatic rings. The lowest BCUT2D eigenvalue weighted by Gasteiger charge is -2.23. The molecule has 1 heterocycles. The van der Waals surface area contributed by atoms with Crippen LogP contribution >= 0.6 is 0 Å². The zero-order valence-electron chi connectivity index (χ0n) is 11.1. The van der Waals surface area contributed by atoms with Crippen LogP contribution in [-0.2, 0) is 16.0 Å². The van der Waals surface area contributed by atoms with Gasteiger partial charge in [0, 0.05) is 18.3 Å². The van der Waals surface area contributed by atoms with Crippen molar-refractivity contribution < 1.29 is 14.7 Å². The number of hydrogen-bond acceptors (Lipinski definition) is 3. The maximum atomic E-state index is 12.0. The number of likely N-dealkylation sites (N-methyl/N-ethyl adjacent to an activating group) is 1. The minimum atomic E-state index is -0.978. The lowest BCUT2D eigenvalue weighted by molar-refractivity contribution is -0.148. The van der Waals surface area contributed by atoms with Crippen LogP contribution in [0.25, 0.3) is 0 Å². The maximum Gasteiger partial charge on any atom is 0.326 e. The topological polar surface area (TPSA) is 86.3 Å².